The molecule has 31 heavy (non-hydrogen) atoms. The summed E-state index contributed by atoms with van der Waals surface area (Å²) >= 11 is 0. The summed E-state index contributed by atoms with van der Waals surface area (Å²) in [5.41, 5.74) is 1.13. The highest BCUT2D eigenvalue weighted by Gasteiger charge is 2.23. The fraction of sp³-hybridized carbons (Fsp3) is 0.364. The molecule has 1 N–H and O–H groups in total. The van der Waals surface area contributed by atoms with Gasteiger partial charge in [-0.15, -0.1) is 0 Å². The van der Waals surface area contributed by atoms with E-state index in [4.69, 9.17) is 9.47 Å². The Hall–Kier alpha value is -2.91. The molecule has 0 atom stereocenters. The van der Waals surface area contributed by atoms with Crippen molar-refractivity contribution in [2.45, 2.75) is 25.7 Å². The highest BCUT2D eigenvalue weighted by Crippen LogP contribution is 2.17. The van der Waals surface area contributed by atoms with Crippen molar-refractivity contribution in [2.24, 2.45) is 0 Å². The van der Waals surface area contributed by atoms with Gasteiger partial charge in [-0.05, 0) is 42.8 Å². The highest BCUT2D eigenvalue weighted by atomic mass is 32.2. The third-order valence-electron chi connectivity index (χ3n) is 4.43. The second kappa shape index (κ2) is 11.5. The molecule has 0 bridgehead atoms. The van der Waals surface area contributed by atoms with Crippen molar-refractivity contribution in [1.29, 1.82) is 0 Å². The van der Waals surface area contributed by atoms with E-state index in [-0.39, 0.29) is 23.6 Å². The summed E-state index contributed by atoms with van der Waals surface area (Å²) in [6.45, 7) is 6.13. The number of hydrogen-bond acceptors (Lipinski definition) is 6. The van der Waals surface area contributed by atoms with Crippen LogP contribution in [0.25, 0.3) is 0 Å². The zero-order valence-corrected chi connectivity index (χ0v) is 18.8. The number of ether oxygens (including phenoxy) is 2. The molecule has 1 amide bonds. The van der Waals surface area contributed by atoms with Crippen LogP contribution in [-0.4, -0.2) is 57.4 Å². The van der Waals surface area contributed by atoms with Crippen LogP contribution in [-0.2, 0) is 19.6 Å². The van der Waals surface area contributed by atoms with Gasteiger partial charge in [0.25, 0.3) is 5.91 Å². The second-order valence-electron chi connectivity index (χ2n) is 6.71. The zero-order chi connectivity index (χ0) is 22.9. The molecule has 2 aromatic rings. The van der Waals surface area contributed by atoms with Crippen LogP contribution in [0.4, 0.5) is 0 Å². The number of benzene rings is 2. The van der Waals surface area contributed by atoms with Gasteiger partial charge in [-0.3, -0.25) is 4.79 Å². The lowest BCUT2D eigenvalue weighted by Crippen LogP contribution is -2.32. The maximum atomic E-state index is 12.6. The molecule has 0 radical (unpaired) electrons. The summed E-state index contributed by atoms with van der Waals surface area (Å²) in [5.74, 6) is -0.545. The molecule has 8 nitrogen and oxygen atoms in total. The monoisotopic (exact) mass is 448 g/mol. The van der Waals surface area contributed by atoms with E-state index in [1.54, 1.807) is 13.8 Å². The van der Waals surface area contributed by atoms with E-state index < -0.39 is 28.5 Å². The molecule has 2 aromatic carbocycles. The Balaban J connectivity index is 1.83. The minimum absolute atomic E-state index is 0.00315. The van der Waals surface area contributed by atoms with E-state index >= 15 is 0 Å². The van der Waals surface area contributed by atoms with Crippen LogP contribution in [0.3, 0.4) is 0 Å². The molecule has 0 aliphatic heterocycles. The van der Waals surface area contributed by atoms with Gasteiger partial charge in [0.15, 0.2) is 6.61 Å². The third kappa shape index (κ3) is 7.08. The fourth-order valence-electron chi connectivity index (χ4n) is 2.83. The molecule has 2 rings (SSSR count). The first kappa shape index (κ1) is 24.4. The van der Waals surface area contributed by atoms with Gasteiger partial charge < -0.3 is 14.8 Å². The van der Waals surface area contributed by atoms with Crippen molar-refractivity contribution in [1.82, 2.24) is 9.62 Å². The van der Waals surface area contributed by atoms with Crippen molar-refractivity contribution in [3.05, 3.63) is 59.7 Å². The Labute approximate surface area is 183 Å². The molecular weight excluding hydrogens is 420 g/mol. The van der Waals surface area contributed by atoms with E-state index in [1.165, 1.54) is 28.6 Å². The summed E-state index contributed by atoms with van der Waals surface area (Å²) in [7, 11) is -3.70. The lowest BCUT2D eigenvalue weighted by molar-refractivity contribution is -0.124. The number of carbonyl (C=O) groups is 2. The first-order chi connectivity index (χ1) is 14.8. The van der Waals surface area contributed by atoms with Crippen LogP contribution < -0.4 is 10.1 Å². The molecular formula is C22H28N2O6S. The summed E-state index contributed by atoms with van der Waals surface area (Å²) in [5, 5.41) is 2.60. The molecule has 168 valence electrons. The number of amides is 1. The van der Waals surface area contributed by atoms with Crippen LogP contribution in [0.1, 0.15) is 29.8 Å². The van der Waals surface area contributed by atoms with E-state index in [9.17, 15) is 18.0 Å². The SMILES string of the molecule is CCN(CC)S(=O)(=O)c1cccc(C(=O)OCC(=O)NCCOc2cccc(C)c2)c1. The van der Waals surface area contributed by atoms with Crippen LogP contribution in [0.15, 0.2) is 53.4 Å². The van der Waals surface area contributed by atoms with Gasteiger partial charge in [-0.25, -0.2) is 13.2 Å². The molecule has 0 spiro atoms. The van der Waals surface area contributed by atoms with Gasteiger partial charge in [0.1, 0.15) is 12.4 Å². The molecule has 0 aliphatic carbocycles. The number of hydrogen-bond donors (Lipinski definition) is 1. The lowest BCUT2D eigenvalue weighted by atomic mass is 10.2. The maximum absolute atomic E-state index is 12.6. The van der Waals surface area contributed by atoms with Crippen molar-refractivity contribution in [3.8, 4) is 5.75 Å². The quantitative estimate of drug-likeness (QED) is 0.418. The van der Waals surface area contributed by atoms with Crippen LogP contribution >= 0.6 is 0 Å². The normalized spacial score (nSPS) is 11.2. The molecule has 0 saturated carbocycles. The van der Waals surface area contributed by atoms with Gasteiger partial charge in [0.05, 0.1) is 17.0 Å². The number of carbonyl (C=O) groups excluding carboxylic acids is 2. The highest BCUT2D eigenvalue weighted by molar-refractivity contribution is 7.89. The Bertz CT molecular complexity index is 1000. The van der Waals surface area contributed by atoms with Gasteiger partial charge in [0, 0.05) is 13.1 Å². The third-order valence-corrected chi connectivity index (χ3v) is 6.48. The molecule has 0 saturated heterocycles. The largest absolute Gasteiger partial charge is 0.492 e. The molecule has 0 heterocycles. The molecule has 0 aliphatic rings. The van der Waals surface area contributed by atoms with Gasteiger partial charge in [-0.2, -0.15) is 4.31 Å². The molecule has 9 heteroatoms. The first-order valence-electron chi connectivity index (χ1n) is 10.0. The number of aryl methyl sites for hydroxylation is 1. The smallest absolute Gasteiger partial charge is 0.338 e. The van der Waals surface area contributed by atoms with Crippen LogP contribution in [0.5, 0.6) is 5.75 Å². The summed E-state index contributed by atoms with van der Waals surface area (Å²) in [6.07, 6.45) is 0. The Kier molecular flexibility index (Phi) is 9.02. The summed E-state index contributed by atoms with van der Waals surface area (Å²) in [4.78, 5) is 24.1. The van der Waals surface area contributed by atoms with Crippen molar-refractivity contribution in [3.63, 3.8) is 0 Å². The molecule has 0 fully saturated rings. The molecule has 0 aromatic heterocycles. The van der Waals surface area contributed by atoms with E-state index in [2.05, 4.69) is 5.32 Å². The van der Waals surface area contributed by atoms with E-state index in [0.29, 0.717) is 18.8 Å². The van der Waals surface area contributed by atoms with Crippen molar-refractivity contribution >= 4 is 21.9 Å². The number of sulfonamides is 1. The first-order valence-corrected chi connectivity index (χ1v) is 11.5. The second-order valence-corrected chi connectivity index (χ2v) is 8.65. The average Bonchev–Trinajstić information content (AvgIpc) is 2.76. The minimum Gasteiger partial charge on any atom is -0.492 e. The standard InChI is InChI=1S/C22H28N2O6S/c1-4-24(5-2)31(27,28)20-11-7-9-18(15-20)22(26)30-16-21(25)23-12-13-29-19-10-6-8-17(3)14-19/h6-11,14-15H,4-5,12-13,16H2,1-3H3,(H,23,25). The fourth-order valence-corrected chi connectivity index (χ4v) is 4.33. The lowest BCUT2D eigenvalue weighted by Gasteiger charge is -2.18. The molecule has 0 unspecified atom stereocenters. The van der Waals surface area contributed by atoms with E-state index in [0.717, 1.165) is 5.56 Å². The van der Waals surface area contributed by atoms with Crippen LogP contribution in [0, 0.1) is 6.92 Å². The van der Waals surface area contributed by atoms with Gasteiger partial charge >= 0.3 is 5.97 Å². The number of nitrogens with zero attached hydrogens (tertiary/aromatic N) is 1. The van der Waals surface area contributed by atoms with Crippen LogP contribution in [0.2, 0.25) is 0 Å². The van der Waals surface area contributed by atoms with E-state index in [1.807, 2.05) is 31.2 Å². The van der Waals surface area contributed by atoms with Crippen molar-refractivity contribution in [2.75, 3.05) is 32.8 Å². The average molecular weight is 449 g/mol. The topological polar surface area (TPSA) is 102 Å². The van der Waals surface area contributed by atoms with Crippen molar-refractivity contribution < 1.29 is 27.5 Å². The Morgan fingerprint density at radius 1 is 1.03 bits per heavy atom. The van der Waals surface area contributed by atoms with Gasteiger partial charge in [0.2, 0.25) is 10.0 Å². The number of esters is 1. The summed E-state index contributed by atoms with van der Waals surface area (Å²) in [6, 6.07) is 13.1. The zero-order valence-electron chi connectivity index (χ0n) is 18.0. The predicted molar refractivity (Wildman–Crippen MR) is 117 cm³/mol. The predicted octanol–water partition coefficient (Wildman–Crippen LogP) is 2.38. The number of nitrogens with one attached hydrogen (secondary N) is 1. The minimum atomic E-state index is -3.70. The Morgan fingerprint density at radius 2 is 1.74 bits per heavy atom. The number of rotatable bonds is 11. The summed E-state index contributed by atoms with van der Waals surface area (Å²) < 4.78 is 37.0. The van der Waals surface area contributed by atoms with Gasteiger partial charge in [-0.1, -0.05) is 32.0 Å². The maximum Gasteiger partial charge on any atom is 0.338 e. The Morgan fingerprint density at radius 3 is 2.42 bits per heavy atom.